The zero-order chi connectivity index (χ0) is 32.8. The van der Waals surface area contributed by atoms with Crippen molar-refractivity contribution in [3.8, 4) is 0 Å². The Morgan fingerprint density at radius 2 is 0.432 bits per heavy atom. The summed E-state index contributed by atoms with van der Waals surface area (Å²) in [6.07, 6.45) is 0. The standard InChI is InChI=1S/C26H62O12SSi4.Li.H/c1-13-27-40(28-14-2,29-15-3)25(41(30-16-4,31-17-5)32-18-6)39-26(42(33-19-7,34-20-8)35-21-9)43(36-22-10,37-23-11)38-24-12;;/h25-26H,13-24H2,1-12H3;;/q;+1;-1. The summed E-state index contributed by atoms with van der Waals surface area (Å²) in [5.41, 5.74) is 0. The zero-order valence-electron chi connectivity index (χ0n) is 30.9. The van der Waals surface area contributed by atoms with Crippen molar-refractivity contribution in [3.63, 3.8) is 0 Å². The summed E-state index contributed by atoms with van der Waals surface area (Å²) in [6, 6.07) is 0. The molecule has 0 fully saturated rings. The fraction of sp³-hybridized carbons (Fsp3) is 1.00. The maximum absolute atomic E-state index is 6.56. The SMILES string of the molecule is CCO[Si](OCC)(OCC)C(SC([Si](OCC)(OCC)OCC)[Si](OCC)(OCC)OCC)[Si](OCC)(OCC)OCC.[H-].[Li+]. The second-order valence-corrected chi connectivity index (χ2v) is 23.2. The molecule has 0 aliphatic carbocycles. The molecule has 0 rings (SSSR count). The van der Waals surface area contributed by atoms with E-state index in [9.17, 15) is 0 Å². The monoisotopic (exact) mass is 718 g/mol. The minimum atomic E-state index is -3.67. The minimum absolute atomic E-state index is 0. The van der Waals surface area contributed by atoms with Gasteiger partial charge < -0.3 is 54.5 Å². The molecule has 0 spiro atoms. The smallest absolute Gasteiger partial charge is 1.00 e. The molecule has 0 saturated carbocycles. The van der Waals surface area contributed by atoms with Crippen molar-refractivity contribution in [3.05, 3.63) is 0 Å². The van der Waals surface area contributed by atoms with Gasteiger partial charge in [-0.25, -0.2) is 0 Å². The van der Waals surface area contributed by atoms with Crippen molar-refractivity contribution in [1.29, 1.82) is 0 Å². The van der Waals surface area contributed by atoms with Gasteiger partial charge in [-0.2, -0.15) is 0 Å². The van der Waals surface area contributed by atoms with Crippen LogP contribution in [0.25, 0.3) is 0 Å². The molecule has 0 aliphatic heterocycles. The molecule has 0 bridgehead atoms. The van der Waals surface area contributed by atoms with E-state index in [0.717, 1.165) is 0 Å². The predicted octanol–water partition coefficient (Wildman–Crippen LogP) is 1.92. The molecule has 0 amide bonds. The van der Waals surface area contributed by atoms with Gasteiger partial charge in [-0.3, -0.25) is 0 Å². The Hall–Kier alpha value is 1.33. The molecule has 0 aromatic rings. The Labute approximate surface area is 290 Å². The van der Waals surface area contributed by atoms with Crippen molar-refractivity contribution < 1.29 is 73.4 Å². The van der Waals surface area contributed by atoms with Crippen LogP contribution in [0.3, 0.4) is 0 Å². The summed E-state index contributed by atoms with van der Waals surface area (Å²) in [5, 5.41) is 0. The van der Waals surface area contributed by atoms with Gasteiger partial charge in [0.2, 0.25) is 0 Å². The van der Waals surface area contributed by atoms with Crippen LogP contribution in [-0.2, 0) is 53.1 Å². The first-order valence-corrected chi connectivity index (χ1v) is 24.2. The van der Waals surface area contributed by atoms with Crippen LogP contribution in [0.1, 0.15) is 84.5 Å². The second kappa shape index (κ2) is 26.2. The van der Waals surface area contributed by atoms with E-state index in [2.05, 4.69) is 0 Å². The molecule has 12 nitrogen and oxygen atoms in total. The molecule has 0 heterocycles. The molecule has 0 radical (unpaired) electrons. The molecule has 262 valence electrons. The van der Waals surface area contributed by atoms with Crippen molar-refractivity contribution in [1.82, 2.24) is 0 Å². The van der Waals surface area contributed by atoms with E-state index in [0.29, 0.717) is 79.3 Å². The maximum atomic E-state index is 6.56. The predicted molar refractivity (Wildman–Crippen MR) is 179 cm³/mol. The van der Waals surface area contributed by atoms with Gasteiger partial charge in [-0.1, -0.05) is 0 Å². The summed E-state index contributed by atoms with van der Waals surface area (Å²) in [5.74, 6) is 0. The molecule has 0 unspecified atom stereocenters. The van der Waals surface area contributed by atoms with E-state index in [1.807, 2.05) is 83.1 Å². The number of rotatable bonds is 30. The number of hydrogen-bond acceptors (Lipinski definition) is 13. The van der Waals surface area contributed by atoms with Gasteiger partial charge in [0, 0.05) is 79.3 Å². The largest absolute Gasteiger partial charge is 1.00 e. The van der Waals surface area contributed by atoms with Crippen LogP contribution in [0.2, 0.25) is 0 Å². The van der Waals surface area contributed by atoms with Crippen molar-refractivity contribution in [2.45, 2.75) is 92.1 Å². The second-order valence-electron chi connectivity index (χ2n) is 8.51. The van der Waals surface area contributed by atoms with Crippen LogP contribution in [-0.4, -0.2) is 123 Å². The summed E-state index contributed by atoms with van der Waals surface area (Å²) in [6.45, 7) is 27.2. The van der Waals surface area contributed by atoms with Crippen LogP contribution in [0.4, 0.5) is 0 Å². The molecule has 18 heteroatoms. The molecular formula is C26H63LiO12SSi4. The summed E-state index contributed by atoms with van der Waals surface area (Å²) >= 11 is 1.44. The third kappa shape index (κ3) is 13.0. The normalized spacial score (nSPS) is 13.2. The Kier molecular flexibility index (Phi) is 28.3. The third-order valence-corrected chi connectivity index (χ3v) is 26.4. The molecule has 0 saturated heterocycles. The van der Waals surface area contributed by atoms with Gasteiger partial charge in [0.1, 0.15) is 8.99 Å². The van der Waals surface area contributed by atoms with Crippen LogP contribution in [0, 0.1) is 0 Å². The minimum Gasteiger partial charge on any atom is -1.00 e. The van der Waals surface area contributed by atoms with Crippen molar-refractivity contribution in [2.24, 2.45) is 0 Å². The van der Waals surface area contributed by atoms with Gasteiger partial charge in [-0.05, 0) is 83.1 Å². The Morgan fingerprint density at radius 1 is 0.318 bits per heavy atom. The van der Waals surface area contributed by atoms with Crippen molar-refractivity contribution >= 4 is 47.0 Å². The van der Waals surface area contributed by atoms with Crippen LogP contribution in [0.15, 0.2) is 0 Å². The van der Waals surface area contributed by atoms with Gasteiger partial charge >= 0.3 is 54.1 Å². The topological polar surface area (TPSA) is 111 Å². The van der Waals surface area contributed by atoms with Crippen LogP contribution in [0.5, 0.6) is 0 Å². The van der Waals surface area contributed by atoms with E-state index in [-0.39, 0.29) is 20.3 Å². The van der Waals surface area contributed by atoms with Gasteiger partial charge in [0.05, 0.1) is 0 Å². The summed E-state index contributed by atoms with van der Waals surface area (Å²) < 4.78 is 77.3. The average molecular weight is 719 g/mol. The summed E-state index contributed by atoms with van der Waals surface area (Å²) in [4.78, 5) is 0. The third-order valence-electron chi connectivity index (χ3n) is 5.70. The fourth-order valence-corrected chi connectivity index (χ4v) is 27.5. The van der Waals surface area contributed by atoms with Gasteiger partial charge in [-0.15, -0.1) is 11.8 Å². The Balaban J connectivity index is -0.00000882. The molecule has 0 aromatic carbocycles. The van der Waals surface area contributed by atoms with Gasteiger partial charge in [0.15, 0.2) is 0 Å². The van der Waals surface area contributed by atoms with Crippen molar-refractivity contribution in [2.75, 3.05) is 79.3 Å². The molecular weight excluding hydrogens is 656 g/mol. The zero-order valence-corrected chi connectivity index (χ0v) is 34.8. The quantitative estimate of drug-likeness (QED) is 0.101. The molecule has 0 aliphatic rings. The first-order valence-electron chi connectivity index (χ1n) is 16.0. The maximum Gasteiger partial charge on any atom is 1.00 e. The first-order chi connectivity index (χ1) is 20.7. The Bertz CT molecular complexity index is 528. The molecule has 0 aromatic heterocycles. The van der Waals surface area contributed by atoms with E-state index in [1.54, 1.807) is 0 Å². The summed E-state index contributed by atoms with van der Waals surface area (Å²) in [7, 11) is -14.7. The fourth-order valence-electron chi connectivity index (χ4n) is 4.72. The molecule has 0 N–H and O–H groups in total. The van der Waals surface area contributed by atoms with E-state index in [1.165, 1.54) is 11.8 Å². The number of hydrogen-bond donors (Lipinski definition) is 0. The number of thioether (sulfide) groups is 1. The average Bonchev–Trinajstić information content (AvgIpc) is 2.95. The van der Waals surface area contributed by atoms with Crippen LogP contribution < -0.4 is 18.9 Å². The first kappa shape index (κ1) is 47.5. The molecule has 0 atom stereocenters. The van der Waals surface area contributed by atoms with Crippen LogP contribution >= 0.6 is 11.8 Å². The molecule has 44 heavy (non-hydrogen) atoms. The van der Waals surface area contributed by atoms with E-state index in [4.69, 9.17) is 53.1 Å². The van der Waals surface area contributed by atoms with Gasteiger partial charge in [0.25, 0.3) is 0 Å². The Morgan fingerprint density at radius 3 is 0.523 bits per heavy atom. The van der Waals surface area contributed by atoms with E-state index >= 15 is 0 Å². The van der Waals surface area contributed by atoms with E-state index < -0.39 is 44.2 Å².